The van der Waals surface area contributed by atoms with Crippen LogP contribution in [-0.2, 0) is 0 Å². The first-order valence-electron chi connectivity index (χ1n) is 11.4. The summed E-state index contributed by atoms with van der Waals surface area (Å²) < 4.78 is 6.01. The number of piperidine rings is 1. The van der Waals surface area contributed by atoms with Crippen LogP contribution in [-0.4, -0.2) is 53.1 Å². The molecule has 2 fully saturated rings. The molecule has 1 aromatic heterocycles. The van der Waals surface area contributed by atoms with Crippen LogP contribution in [0.3, 0.4) is 0 Å². The molecule has 1 unspecified atom stereocenters. The van der Waals surface area contributed by atoms with Crippen molar-refractivity contribution in [3.05, 3.63) is 46.6 Å². The molecule has 9 heteroatoms. The zero-order valence-corrected chi connectivity index (χ0v) is 19.2. The summed E-state index contributed by atoms with van der Waals surface area (Å²) in [5.41, 5.74) is 0.733. The van der Waals surface area contributed by atoms with Gasteiger partial charge in [-0.2, -0.15) is 5.26 Å². The van der Waals surface area contributed by atoms with Crippen molar-refractivity contribution in [1.82, 2.24) is 15.5 Å². The van der Waals surface area contributed by atoms with Gasteiger partial charge in [0.25, 0.3) is 5.91 Å². The fourth-order valence-electron chi connectivity index (χ4n) is 4.47. The number of aromatic nitrogens is 2. The summed E-state index contributed by atoms with van der Waals surface area (Å²) in [6.45, 7) is 1.83. The predicted molar refractivity (Wildman–Crippen MR) is 124 cm³/mol. The van der Waals surface area contributed by atoms with Gasteiger partial charge in [0.05, 0.1) is 16.7 Å². The second-order valence-electron chi connectivity index (χ2n) is 8.73. The molecule has 1 aliphatic carbocycles. The predicted octanol–water partition coefficient (Wildman–Crippen LogP) is 3.33. The second kappa shape index (κ2) is 10.8. The average molecular weight is 470 g/mol. The van der Waals surface area contributed by atoms with Crippen molar-refractivity contribution in [3.63, 3.8) is 0 Å². The first-order chi connectivity index (χ1) is 16.1. The van der Waals surface area contributed by atoms with E-state index < -0.39 is 0 Å². The van der Waals surface area contributed by atoms with Crippen molar-refractivity contribution < 1.29 is 14.6 Å². The molecule has 1 aliphatic heterocycles. The van der Waals surface area contributed by atoms with Crippen molar-refractivity contribution in [1.29, 1.82) is 5.26 Å². The van der Waals surface area contributed by atoms with E-state index in [0.717, 1.165) is 57.4 Å². The zero-order valence-electron chi connectivity index (χ0n) is 18.4. The number of nitriles is 1. The molecule has 2 aliphatic rings. The van der Waals surface area contributed by atoms with Gasteiger partial charge in [-0.15, -0.1) is 10.2 Å². The van der Waals surface area contributed by atoms with Crippen molar-refractivity contribution in [3.8, 4) is 11.8 Å². The molecule has 1 saturated carbocycles. The highest BCUT2D eigenvalue weighted by atomic mass is 35.5. The number of hydrogen-bond donors (Lipinski definition) is 2. The summed E-state index contributed by atoms with van der Waals surface area (Å²) in [5.74, 6) is 1.44. The smallest absolute Gasteiger partial charge is 0.272 e. The third-order valence-electron chi connectivity index (χ3n) is 6.36. The first kappa shape index (κ1) is 23.3. The van der Waals surface area contributed by atoms with Gasteiger partial charge in [-0.25, -0.2) is 0 Å². The van der Waals surface area contributed by atoms with Crippen LogP contribution in [0.2, 0.25) is 5.02 Å². The van der Waals surface area contributed by atoms with Gasteiger partial charge in [0.1, 0.15) is 11.8 Å². The van der Waals surface area contributed by atoms with Gasteiger partial charge in [-0.1, -0.05) is 11.6 Å². The number of ether oxygens (including phenoxy) is 1. The Balaban J connectivity index is 1.25. The van der Waals surface area contributed by atoms with E-state index >= 15 is 0 Å². The number of aliphatic hydroxyl groups excluding tert-OH is 1. The number of halogens is 1. The molecule has 2 heterocycles. The summed E-state index contributed by atoms with van der Waals surface area (Å²) in [5, 5.41) is 30.2. The molecule has 2 aromatic rings. The number of carbonyl (C=O) groups excluding carboxylic acids is 1. The van der Waals surface area contributed by atoms with Gasteiger partial charge >= 0.3 is 0 Å². The van der Waals surface area contributed by atoms with Gasteiger partial charge in [-0.05, 0) is 68.7 Å². The summed E-state index contributed by atoms with van der Waals surface area (Å²) in [7, 11) is 0. The summed E-state index contributed by atoms with van der Waals surface area (Å²) in [6, 6.07) is 10.7. The van der Waals surface area contributed by atoms with Crippen molar-refractivity contribution >= 4 is 23.3 Å². The van der Waals surface area contributed by atoms with E-state index in [1.807, 2.05) is 12.1 Å². The molecule has 8 nitrogen and oxygen atoms in total. The summed E-state index contributed by atoms with van der Waals surface area (Å²) in [4.78, 5) is 14.7. The number of aliphatic hydroxyl groups is 1. The quantitative estimate of drug-likeness (QED) is 0.667. The topological polar surface area (TPSA) is 111 Å². The SMILES string of the molecule is N#Cc1ccc(O[C@H]2CC[C@H](NC(=O)c3ccc(N4CCCC(CO)C4)nn3)CC2)cc1Cl. The lowest BCUT2D eigenvalue weighted by molar-refractivity contribution is 0.0888. The number of rotatable bonds is 6. The summed E-state index contributed by atoms with van der Waals surface area (Å²) >= 11 is 6.08. The Morgan fingerprint density at radius 2 is 2.03 bits per heavy atom. The van der Waals surface area contributed by atoms with Crippen LogP contribution in [0.4, 0.5) is 5.82 Å². The zero-order chi connectivity index (χ0) is 23.2. The van der Waals surface area contributed by atoms with Crippen molar-refractivity contribution in [2.45, 2.75) is 50.7 Å². The van der Waals surface area contributed by atoms with E-state index in [2.05, 4.69) is 20.4 Å². The van der Waals surface area contributed by atoms with Gasteiger partial charge in [0.2, 0.25) is 0 Å². The standard InChI is InChI=1S/C24H28ClN5O3/c25-21-12-20(6-3-17(21)13-26)33-19-7-4-18(5-8-19)27-24(32)22-9-10-23(29-28-22)30-11-1-2-16(14-30)15-31/h3,6,9-10,12,16,18-19,31H,1-2,4-5,7-8,11,14-15H2,(H,27,32)/t16?,18-,19-. The highest BCUT2D eigenvalue weighted by molar-refractivity contribution is 6.31. The molecular formula is C24H28ClN5O3. The molecule has 0 bridgehead atoms. The molecule has 174 valence electrons. The third kappa shape index (κ3) is 5.92. The van der Waals surface area contributed by atoms with E-state index in [1.54, 1.807) is 24.3 Å². The second-order valence-corrected chi connectivity index (χ2v) is 9.14. The lowest BCUT2D eigenvalue weighted by Gasteiger charge is -2.32. The largest absolute Gasteiger partial charge is 0.490 e. The fraction of sp³-hybridized carbons (Fsp3) is 0.500. The Morgan fingerprint density at radius 3 is 2.70 bits per heavy atom. The monoisotopic (exact) mass is 469 g/mol. The van der Waals surface area contributed by atoms with Crippen molar-refractivity contribution in [2.24, 2.45) is 5.92 Å². The van der Waals surface area contributed by atoms with Crippen LogP contribution in [0.15, 0.2) is 30.3 Å². The van der Waals surface area contributed by atoms with Crippen molar-refractivity contribution in [2.75, 3.05) is 24.6 Å². The maximum Gasteiger partial charge on any atom is 0.272 e. The van der Waals surface area contributed by atoms with Crippen LogP contribution < -0.4 is 15.0 Å². The molecule has 1 aromatic carbocycles. The lowest BCUT2D eigenvalue weighted by atomic mass is 9.93. The van der Waals surface area contributed by atoms with E-state index in [4.69, 9.17) is 21.6 Å². The fourth-order valence-corrected chi connectivity index (χ4v) is 4.69. The van der Waals surface area contributed by atoms with Crippen LogP contribution in [0.25, 0.3) is 0 Å². The highest BCUT2D eigenvalue weighted by Crippen LogP contribution is 2.27. The minimum Gasteiger partial charge on any atom is -0.490 e. The third-order valence-corrected chi connectivity index (χ3v) is 6.67. The molecule has 1 amide bonds. The Hall–Kier alpha value is -2.89. The normalized spacial score (nSPS) is 22.9. The van der Waals surface area contributed by atoms with Crippen LogP contribution in [0.1, 0.15) is 54.6 Å². The van der Waals surface area contributed by atoms with Gasteiger partial charge in [0.15, 0.2) is 11.5 Å². The molecule has 4 rings (SSSR count). The van der Waals surface area contributed by atoms with Crippen LogP contribution >= 0.6 is 11.6 Å². The molecule has 0 spiro atoms. The maximum atomic E-state index is 12.6. The summed E-state index contributed by atoms with van der Waals surface area (Å²) in [6.07, 6.45) is 5.33. The number of carbonyl (C=O) groups is 1. The minimum atomic E-state index is -0.218. The molecular weight excluding hydrogens is 442 g/mol. The molecule has 33 heavy (non-hydrogen) atoms. The highest BCUT2D eigenvalue weighted by Gasteiger charge is 2.25. The number of nitrogens with one attached hydrogen (secondary N) is 1. The van der Waals surface area contributed by atoms with E-state index in [1.165, 1.54) is 0 Å². The lowest BCUT2D eigenvalue weighted by Crippen LogP contribution is -2.40. The molecule has 0 radical (unpaired) electrons. The van der Waals surface area contributed by atoms with Gasteiger partial charge in [-0.3, -0.25) is 4.79 Å². The average Bonchev–Trinajstić information content (AvgIpc) is 2.85. The van der Waals surface area contributed by atoms with Crippen LogP contribution in [0, 0.1) is 17.2 Å². The van der Waals surface area contributed by atoms with E-state index in [0.29, 0.717) is 22.0 Å². The molecule has 1 saturated heterocycles. The number of benzene rings is 1. The number of hydrogen-bond acceptors (Lipinski definition) is 7. The number of nitrogens with zero attached hydrogens (tertiary/aromatic N) is 4. The Labute approximate surface area is 198 Å². The Bertz CT molecular complexity index is 1000. The number of amides is 1. The maximum absolute atomic E-state index is 12.6. The Morgan fingerprint density at radius 1 is 1.21 bits per heavy atom. The Kier molecular flexibility index (Phi) is 7.63. The molecule has 1 atom stereocenters. The van der Waals surface area contributed by atoms with E-state index in [-0.39, 0.29) is 30.6 Å². The van der Waals surface area contributed by atoms with Crippen LogP contribution in [0.5, 0.6) is 5.75 Å². The first-order valence-corrected chi connectivity index (χ1v) is 11.8. The van der Waals surface area contributed by atoms with Gasteiger partial charge in [0, 0.05) is 31.8 Å². The van der Waals surface area contributed by atoms with E-state index in [9.17, 15) is 9.90 Å². The minimum absolute atomic E-state index is 0.0496. The van der Waals surface area contributed by atoms with Gasteiger partial charge < -0.3 is 20.1 Å². The molecule has 2 N–H and O–H groups in total. The number of anilines is 1.